The summed E-state index contributed by atoms with van der Waals surface area (Å²) < 4.78 is 0. The molecule has 2 atom stereocenters. The summed E-state index contributed by atoms with van der Waals surface area (Å²) in [5.74, 6) is 0.309. The first-order chi connectivity index (χ1) is 11.9. The van der Waals surface area contributed by atoms with Gasteiger partial charge in [0.1, 0.15) is 0 Å². The lowest BCUT2D eigenvalue weighted by atomic mass is 9.97. The van der Waals surface area contributed by atoms with Gasteiger partial charge in [-0.05, 0) is 44.6 Å². The highest BCUT2D eigenvalue weighted by molar-refractivity contribution is 5.82. The van der Waals surface area contributed by atoms with Crippen molar-refractivity contribution in [1.29, 1.82) is 0 Å². The van der Waals surface area contributed by atoms with Gasteiger partial charge in [-0.3, -0.25) is 9.69 Å². The molecule has 1 aromatic carbocycles. The van der Waals surface area contributed by atoms with E-state index >= 15 is 0 Å². The Morgan fingerprint density at radius 1 is 1.20 bits per heavy atom. The third-order valence-electron chi connectivity index (χ3n) is 5.32. The molecule has 0 saturated carbocycles. The van der Waals surface area contributed by atoms with E-state index in [1.54, 1.807) is 0 Å². The summed E-state index contributed by atoms with van der Waals surface area (Å²) in [6.45, 7) is 11.2. The maximum absolute atomic E-state index is 12.8. The summed E-state index contributed by atoms with van der Waals surface area (Å²) in [4.78, 5) is 17.4. The molecule has 1 heterocycles. The van der Waals surface area contributed by atoms with Crippen molar-refractivity contribution in [2.45, 2.75) is 71.6 Å². The van der Waals surface area contributed by atoms with Gasteiger partial charge >= 0.3 is 0 Å². The molecule has 2 rings (SSSR count). The van der Waals surface area contributed by atoms with E-state index < -0.39 is 0 Å². The Balaban J connectivity index is 2.08. The largest absolute Gasteiger partial charge is 0.337 e. The van der Waals surface area contributed by atoms with Gasteiger partial charge in [0.25, 0.3) is 0 Å². The van der Waals surface area contributed by atoms with Crippen molar-refractivity contribution >= 4 is 5.91 Å². The summed E-state index contributed by atoms with van der Waals surface area (Å²) in [5.41, 5.74) is 7.49. The quantitative estimate of drug-likeness (QED) is 0.825. The molecule has 0 bridgehead atoms. The van der Waals surface area contributed by atoms with Crippen molar-refractivity contribution in [3.05, 3.63) is 35.9 Å². The number of carbonyl (C=O) groups is 1. The first-order valence-corrected chi connectivity index (χ1v) is 9.74. The molecule has 1 fully saturated rings. The highest BCUT2D eigenvalue weighted by Crippen LogP contribution is 2.22. The number of nitrogens with zero attached hydrogens (tertiary/aromatic N) is 2. The molecule has 0 radical (unpaired) electrons. The number of hydrogen-bond donors (Lipinski definition) is 1. The van der Waals surface area contributed by atoms with Gasteiger partial charge in [0, 0.05) is 31.7 Å². The van der Waals surface area contributed by atoms with Crippen LogP contribution in [0.4, 0.5) is 0 Å². The minimum Gasteiger partial charge on any atom is -0.337 e. The molecule has 1 aliphatic heterocycles. The van der Waals surface area contributed by atoms with E-state index in [9.17, 15) is 4.79 Å². The van der Waals surface area contributed by atoms with Crippen molar-refractivity contribution in [3.63, 3.8) is 0 Å². The highest BCUT2D eigenvalue weighted by Gasteiger charge is 2.32. The van der Waals surface area contributed by atoms with Crippen LogP contribution in [0.3, 0.4) is 0 Å². The fourth-order valence-electron chi connectivity index (χ4n) is 3.50. The van der Waals surface area contributed by atoms with Gasteiger partial charge < -0.3 is 10.6 Å². The van der Waals surface area contributed by atoms with Gasteiger partial charge in [-0.15, -0.1) is 0 Å². The number of likely N-dealkylation sites (tertiary alicyclic amines) is 1. The molecule has 1 aromatic rings. The van der Waals surface area contributed by atoms with Crippen LogP contribution in [0.25, 0.3) is 0 Å². The van der Waals surface area contributed by atoms with Crippen molar-refractivity contribution in [2.75, 3.05) is 13.1 Å². The first-order valence-electron chi connectivity index (χ1n) is 9.74. The molecule has 0 spiro atoms. The minimum absolute atomic E-state index is 0.128. The van der Waals surface area contributed by atoms with Crippen LogP contribution in [0.1, 0.15) is 52.5 Å². The van der Waals surface area contributed by atoms with E-state index in [2.05, 4.69) is 54.0 Å². The Kier molecular flexibility index (Phi) is 7.45. The number of hydrogen-bond acceptors (Lipinski definition) is 3. The molecule has 1 amide bonds. The first kappa shape index (κ1) is 19.9. The van der Waals surface area contributed by atoms with Gasteiger partial charge in [-0.2, -0.15) is 0 Å². The number of nitrogens with two attached hydrogens (primary N) is 1. The second kappa shape index (κ2) is 9.35. The van der Waals surface area contributed by atoms with Crippen LogP contribution in [0, 0.1) is 5.92 Å². The number of carbonyl (C=O) groups excluding carboxylic acids is 1. The highest BCUT2D eigenvalue weighted by atomic mass is 16.2. The van der Waals surface area contributed by atoms with Crippen LogP contribution in [0.15, 0.2) is 30.3 Å². The Morgan fingerprint density at radius 2 is 1.88 bits per heavy atom. The van der Waals surface area contributed by atoms with E-state index in [1.165, 1.54) is 12.0 Å². The average molecular weight is 346 g/mol. The van der Waals surface area contributed by atoms with Crippen molar-refractivity contribution in [1.82, 2.24) is 9.80 Å². The van der Waals surface area contributed by atoms with Crippen LogP contribution in [-0.4, -0.2) is 46.9 Å². The topological polar surface area (TPSA) is 49.6 Å². The lowest BCUT2D eigenvalue weighted by Gasteiger charge is -2.41. The van der Waals surface area contributed by atoms with Crippen LogP contribution in [0.2, 0.25) is 0 Å². The third kappa shape index (κ3) is 5.55. The van der Waals surface area contributed by atoms with Gasteiger partial charge in [0.15, 0.2) is 0 Å². The maximum atomic E-state index is 12.8. The van der Waals surface area contributed by atoms with E-state index in [0.717, 1.165) is 32.5 Å². The summed E-state index contributed by atoms with van der Waals surface area (Å²) in [7, 11) is 0. The maximum Gasteiger partial charge on any atom is 0.240 e. The predicted molar refractivity (Wildman–Crippen MR) is 104 cm³/mol. The van der Waals surface area contributed by atoms with Gasteiger partial charge in [-0.1, -0.05) is 44.2 Å². The van der Waals surface area contributed by atoms with E-state index in [1.807, 2.05) is 13.8 Å². The SMILES string of the molecule is CC(C)C(N)C(=O)N1CCCCC1CN(Cc1ccccc1)C(C)C. The zero-order valence-corrected chi connectivity index (χ0v) is 16.3. The standard InChI is InChI=1S/C21H35N3O/c1-16(2)20(22)21(25)24-13-9-8-12-19(24)15-23(17(3)4)14-18-10-6-5-7-11-18/h5-7,10-11,16-17,19-20H,8-9,12-15,22H2,1-4H3. The smallest absolute Gasteiger partial charge is 0.240 e. The fourth-order valence-corrected chi connectivity index (χ4v) is 3.50. The molecule has 25 heavy (non-hydrogen) atoms. The van der Waals surface area contributed by atoms with E-state index in [-0.39, 0.29) is 23.9 Å². The van der Waals surface area contributed by atoms with Crippen LogP contribution >= 0.6 is 0 Å². The Bertz CT molecular complexity index is 529. The minimum atomic E-state index is -0.387. The number of rotatable bonds is 7. The molecule has 4 nitrogen and oxygen atoms in total. The van der Waals surface area contributed by atoms with Gasteiger partial charge in [0.2, 0.25) is 5.91 Å². The summed E-state index contributed by atoms with van der Waals surface area (Å²) in [5, 5.41) is 0. The molecule has 140 valence electrons. The summed E-state index contributed by atoms with van der Waals surface area (Å²) in [6, 6.07) is 10.9. The fraction of sp³-hybridized carbons (Fsp3) is 0.667. The monoisotopic (exact) mass is 345 g/mol. The molecular weight excluding hydrogens is 310 g/mol. The predicted octanol–water partition coefficient (Wildman–Crippen LogP) is 3.26. The second-order valence-corrected chi connectivity index (χ2v) is 7.96. The molecule has 2 N–H and O–H groups in total. The normalized spacial score (nSPS) is 19.7. The number of piperidine rings is 1. The number of amides is 1. The Hall–Kier alpha value is -1.39. The van der Waals surface area contributed by atoms with Crippen molar-refractivity contribution in [3.8, 4) is 0 Å². The van der Waals surface area contributed by atoms with E-state index in [0.29, 0.717) is 6.04 Å². The molecule has 1 aliphatic rings. The van der Waals surface area contributed by atoms with Crippen molar-refractivity contribution < 1.29 is 4.79 Å². The zero-order chi connectivity index (χ0) is 18.4. The van der Waals surface area contributed by atoms with Crippen molar-refractivity contribution in [2.24, 2.45) is 11.7 Å². The molecule has 1 saturated heterocycles. The average Bonchev–Trinajstić information content (AvgIpc) is 2.61. The lowest BCUT2D eigenvalue weighted by molar-refractivity contribution is -0.138. The van der Waals surface area contributed by atoms with Crippen LogP contribution in [-0.2, 0) is 11.3 Å². The third-order valence-corrected chi connectivity index (χ3v) is 5.32. The Labute approximate surface area is 153 Å². The number of benzene rings is 1. The molecule has 0 aliphatic carbocycles. The van der Waals surface area contributed by atoms with E-state index in [4.69, 9.17) is 5.73 Å². The van der Waals surface area contributed by atoms with Gasteiger partial charge in [0.05, 0.1) is 6.04 Å². The second-order valence-electron chi connectivity index (χ2n) is 7.96. The van der Waals surface area contributed by atoms with Gasteiger partial charge in [-0.25, -0.2) is 0 Å². The Morgan fingerprint density at radius 3 is 2.48 bits per heavy atom. The lowest BCUT2D eigenvalue weighted by Crippen LogP contribution is -2.55. The van der Waals surface area contributed by atoms with Crippen LogP contribution < -0.4 is 5.73 Å². The molecule has 4 heteroatoms. The molecular formula is C21H35N3O. The summed E-state index contributed by atoms with van der Waals surface area (Å²) >= 11 is 0. The summed E-state index contributed by atoms with van der Waals surface area (Å²) in [6.07, 6.45) is 3.37. The van der Waals surface area contributed by atoms with Crippen LogP contribution in [0.5, 0.6) is 0 Å². The zero-order valence-electron chi connectivity index (χ0n) is 16.3. The molecule has 0 aromatic heterocycles. The molecule has 2 unspecified atom stereocenters.